The van der Waals surface area contributed by atoms with Gasteiger partial charge in [-0.05, 0) is 18.9 Å². The summed E-state index contributed by atoms with van der Waals surface area (Å²) in [6, 6.07) is 5.09. The minimum absolute atomic E-state index is 0.00889. The Labute approximate surface area is 124 Å². The van der Waals surface area contributed by atoms with Gasteiger partial charge in [-0.15, -0.1) is 0 Å². The maximum absolute atomic E-state index is 13.6. The molecular formula is C15H22FN3O2. The Morgan fingerprint density at radius 1 is 1.24 bits per heavy atom. The van der Waals surface area contributed by atoms with Gasteiger partial charge in [-0.2, -0.15) is 0 Å². The third kappa shape index (κ3) is 5.15. The summed E-state index contributed by atoms with van der Waals surface area (Å²) in [4.78, 5) is 23.4. The number of hydrogen-bond donors (Lipinski definition) is 3. The Morgan fingerprint density at radius 2 is 1.86 bits per heavy atom. The molecule has 0 heterocycles. The van der Waals surface area contributed by atoms with Gasteiger partial charge in [-0.1, -0.05) is 32.0 Å². The van der Waals surface area contributed by atoms with E-state index in [1.165, 1.54) is 6.07 Å². The average molecular weight is 295 g/mol. The van der Waals surface area contributed by atoms with Gasteiger partial charge < -0.3 is 16.4 Å². The van der Waals surface area contributed by atoms with Gasteiger partial charge in [0.25, 0.3) is 0 Å². The van der Waals surface area contributed by atoms with Crippen LogP contribution in [-0.2, 0) is 9.59 Å². The lowest BCUT2D eigenvalue weighted by atomic mass is 10.1. The summed E-state index contributed by atoms with van der Waals surface area (Å²) >= 11 is 0. The molecule has 0 saturated heterocycles. The second-order valence-electron chi connectivity index (χ2n) is 5.30. The highest BCUT2D eigenvalue weighted by Gasteiger charge is 2.18. The summed E-state index contributed by atoms with van der Waals surface area (Å²) in [6.07, 6.45) is 0. The van der Waals surface area contributed by atoms with Crippen LogP contribution in [0.3, 0.4) is 0 Å². The van der Waals surface area contributed by atoms with E-state index < -0.39 is 18.0 Å². The fourth-order valence-electron chi connectivity index (χ4n) is 1.78. The Balaban J connectivity index is 2.48. The largest absolute Gasteiger partial charge is 0.348 e. The normalized spacial score (nSPS) is 13.6. The van der Waals surface area contributed by atoms with E-state index in [2.05, 4.69) is 10.6 Å². The summed E-state index contributed by atoms with van der Waals surface area (Å²) in [5, 5.41) is 5.09. The van der Waals surface area contributed by atoms with E-state index >= 15 is 0 Å². The molecule has 0 aromatic heterocycles. The van der Waals surface area contributed by atoms with Crippen LogP contribution in [0, 0.1) is 11.7 Å². The van der Waals surface area contributed by atoms with Crippen molar-refractivity contribution in [2.75, 3.05) is 6.54 Å². The molecule has 21 heavy (non-hydrogen) atoms. The standard InChI is InChI=1S/C15H22FN3O2/c1-9(2)14(17)15(21)18-8-13(20)19-10(3)11-6-4-5-7-12(11)16/h4-7,9-10,14H,8,17H2,1-3H3,(H,18,21)(H,19,20)/t10?,14-/m0/s1. The lowest BCUT2D eigenvalue weighted by molar-refractivity contribution is -0.127. The van der Waals surface area contributed by atoms with Crippen molar-refractivity contribution in [3.63, 3.8) is 0 Å². The van der Waals surface area contributed by atoms with Crippen molar-refractivity contribution >= 4 is 11.8 Å². The number of rotatable bonds is 6. The fourth-order valence-corrected chi connectivity index (χ4v) is 1.78. The van der Waals surface area contributed by atoms with Crippen molar-refractivity contribution in [1.82, 2.24) is 10.6 Å². The molecule has 0 aliphatic carbocycles. The Hall–Kier alpha value is -1.95. The number of nitrogens with one attached hydrogen (secondary N) is 2. The maximum atomic E-state index is 13.6. The number of hydrogen-bond acceptors (Lipinski definition) is 3. The number of nitrogens with two attached hydrogens (primary N) is 1. The van der Waals surface area contributed by atoms with Crippen molar-refractivity contribution in [2.24, 2.45) is 11.7 Å². The minimum Gasteiger partial charge on any atom is -0.348 e. The topological polar surface area (TPSA) is 84.2 Å². The molecular weight excluding hydrogens is 273 g/mol. The van der Waals surface area contributed by atoms with Crippen LogP contribution in [0.4, 0.5) is 4.39 Å². The summed E-state index contributed by atoms with van der Waals surface area (Å²) in [7, 11) is 0. The van der Waals surface area contributed by atoms with Crippen LogP contribution in [-0.4, -0.2) is 24.4 Å². The third-order valence-corrected chi connectivity index (χ3v) is 3.19. The van der Waals surface area contributed by atoms with Gasteiger partial charge in [0.2, 0.25) is 11.8 Å². The molecule has 1 rings (SSSR count). The highest BCUT2D eigenvalue weighted by molar-refractivity contribution is 5.87. The molecule has 0 saturated carbocycles. The van der Waals surface area contributed by atoms with Gasteiger partial charge in [-0.3, -0.25) is 9.59 Å². The summed E-state index contributed by atoms with van der Waals surface area (Å²) in [5.74, 6) is -1.16. The van der Waals surface area contributed by atoms with Crippen LogP contribution in [0.25, 0.3) is 0 Å². The van der Waals surface area contributed by atoms with E-state index in [9.17, 15) is 14.0 Å². The summed E-state index contributed by atoms with van der Waals surface area (Å²) < 4.78 is 13.6. The van der Waals surface area contributed by atoms with Crippen LogP contribution >= 0.6 is 0 Å². The first-order valence-corrected chi connectivity index (χ1v) is 6.90. The first kappa shape index (κ1) is 17.1. The molecule has 0 spiro atoms. The second kappa shape index (κ2) is 7.73. The Kier molecular flexibility index (Phi) is 6.30. The number of carbonyl (C=O) groups is 2. The molecule has 0 fully saturated rings. The van der Waals surface area contributed by atoms with Gasteiger partial charge >= 0.3 is 0 Å². The quantitative estimate of drug-likeness (QED) is 0.735. The van der Waals surface area contributed by atoms with E-state index in [0.717, 1.165) is 0 Å². The molecule has 0 radical (unpaired) electrons. The molecule has 0 aliphatic rings. The van der Waals surface area contributed by atoms with E-state index in [1.54, 1.807) is 25.1 Å². The molecule has 0 aliphatic heterocycles. The number of benzene rings is 1. The van der Waals surface area contributed by atoms with Gasteiger partial charge in [0.05, 0.1) is 18.6 Å². The van der Waals surface area contributed by atoms with Crippen LogP contribution in [0.1, 0.15) is 32.4 Å². The molecule has 0 bridgehead atoms. The predicted octanol–water partition coefficient (Wildman–Crippen LogP) is 1.10. The number of carbonyl (C=O) groups excluding carboxylic acids is 2. The van der Waals surface area contributed by atoms with Crippen molar-refractivity contribution in [3.05, 3.63) is 35.6 Å². The monoisotopic (exact) mass is 295 g/mol. The molecule has 6 heteroatoms. The predicted molar refractivity (Wildman–Crippen MR) is 78.8 cm³/mol. The van der Waals surface area contributed by atoms with Crippen molar-refractivity contribution < 1.29 is 14.0 Å². The van der Waals surface area contributed by atoms with E-state index in [-0.39, 0.29) is 24.2 Å². The minimum atomic E-state index is -0.651. The van der Waals surface area contributed by atoms with Gasteiger partial charge in [0, 0.05) is 5.56 Å². The average Bonchev–Trinajstić information content (AvgIpc) is 2.44. The molecule has 116 valence electrons. The molecule has 1 aromatic carbocycles. The van der Waals surface area contributed by atoms with E-state index in [1.807, 2.05) is 13.8 Å². The fraction of sp³-hybridized carbons (Fsp3) is 0.467. The maximum Gasteiger partial charge on any atom is 0.239 e. The highest BCUT2D eigenvalue weighted by Crippen LogP contribution is 2.15. The van der Waals surface area contributed by atoms with Crippen LogP contribution in [0.15, 0.2) is 24.3 Å². The molecule has 2 atom stereocenters. The van der Waals surface area contributed by atoms with Gasteiger partial charge in [0.15, 0.2) is 0 Å². The Morgan fingerprint density at radius 3 is 2.43 bits per heavy atom. The zero-order valence-corrected chi connectivity index (χ0v) is 12.5. The first-order valence-electron chi connectivity index (χ1n) is 6.90. The van der Waals surface area contributed by atoms with Gasteiger partial charge in [0.1, 0.15) is 5.82 Å². The first-order chi connectivity index (χ1) is 9.82. The van der Waals surface area contributed by atoms with Crippen molar-refractivity contribution in [1.29, 1.82) is 0 Å². The third-order valence-electron chi connectivity index (χ3n) is 3.19. The summed E-state index contributed by atoms with van der Waals surface area (Å²) in [5.41, 5.74) is 6.06. The van der Waals surface area contributed by atoms with Gasteiger partial charge in [-0.25, -0.2) is 4.39 Å². The lowest BCUT2D eigenvalue weighted by Crippen LogP contribution is -2.47. The van der Waals surface area contributed by atoms with Crippen LogP contribution in [0.5, 0.6) is 0 Å². The smallest absolute Gasteiger partial charge is 0.239 e. The molecule has 4 N–H and O–H groups in total. The van der Waals surface area contributed by atoms with Crippen LogP contribution in [0.2, 0.25) is 0 Å². The van der Waals surface area contributed by atoms with Crippen LogP contribution < -0.4 is 16.4 Å². The zero-order chi connectivity index (χ0) is 16.0. The summed E-state index contributed by atoms with van der Waals surface area (Å²) in [6.45, 7) is 5.14. The molecule has 5 nitrogen and oxygen atoms in total. The molecule has 1 unspecified atom stereocenters. The second-order valence-corrected chi connectivity index (χ2v) is 5.30. The van der Waals surface area contributed by atoms with E-state index in [4.69, 9.17) is 5.73 Å². The zero-order valence-electron chi connectivity index (χ0n) is 12.5. The molecule has 1 aromatic rings. The lowest BCUT2D eigenvalue weighted by Gasteiger charge is -2.17. The SMILES string of the molecule is CC(NC(=O)CNC(=O)[C@@H](N)C(C)C)c1ccccc1F. The number of amides is 2. The number of halogens is 1. The van der Waals surface area contributed by atoms with Crippen molar-refractivity contribution in [3.8, 4) is 0 Å². The Bertz CT molecular complexity index is 505. The van der Waals surface area contributed by atoms with Crippen molar-refractivity contribution in [2.45, 2.75) is 32.9 Å². The molecule has 2 amide bonds. The van der Waals surface area contributed by atoms with E-state index in [0.29, 0.717) is 5.56 Å². The highest BCUT2D eigenvalue weighted by atomic mass is 19.1.